The highest BCUT2D eigenvalue weighted by atomic mass is 19.3. The maximum atomic E-state index is 13.2. The number of aliphatic imine (C=N–C) groups is 1. The summed E-state index contributed by atoms with van der Waals surface area (Å²) in [4.78, 5) is 7.57. The molecule has 28 heavy (non-hydrogen) atoms. The van der Waals surface area contributed by atoms with Crippen LogP contribution in [-0.2, 0) is 6.42 Å². The van der Waals surface area contributed by atoms with Gasteiger partial charge in [-0.25, -0.2) is 8.78 Å². The first-order valence-corrected chi connectivity index (χ1v) is 9.00. The zero-order chi connectivity index (χ0) is 19.4. The number of nitrogens with two attached hydrogens (primary N) is 1. The van der Waals surface area contributed by atoms with E-state index in [4.69, 9.17) is 5.73 Å². The van der Waals surface area contributed by atoms with Crippen LogP contribution in [0.5, 0.6) is 0 Å². The molecule has 1 saturated carbocycles. The molecule has 1 fully saturated rings. The number of allylic oxidation sites excluding steroid dienone is 1. The third-order valence-electron chi connectivity index (χ3n) is 5.10. The van der Waals surface area contributed by atoms with Crippen LogP contribution in [0, 0.1) is 0 Å². The molecule has 2 aliphatic rings. The molecule has 0 radical (unpaired) electrons. The fourth-order valence-electron chi connectivity index (χ4n) is 3.58. The van der Waals surface area contributed by atoms with Gasteiger partial charge in [-0.2, -0.15) is 5.10 Å². The Labute approximate surface area is 159 Å². The largest absolute Gasteiger partial charge is 0.361 e. The molecule has 1 aliphatic carbocycles. The van der Waals surface area contributed by atoms with Gasteiger partial charge in [-0.3, -0.25) is 15.8 Å². The first kappa shape index (κ1) is 16.9. The van der Waals surface area contributed by atoms with Gasteiger partial charge in [0.05, 0.1) is 5.92 Å². The third-order valence-corrected chi connectivity index (χ3v) is 5.10. The summed E-state index contributed by atoms with van der Waals surface area (Å²) in [5, 5.41) is 14.1. The Kier molecular flexibility index (Phi) is 3.57. The van der Waals surface area contributed by atoms with E-state index in [1.54, 1.807) is 18.4 Å². The Morgan fingerprint density at radius 2 is 2.14 bits per heavy atom. The number of fused-ring (bicyclic) bond motifs is 1. The molecule has 9 heteroatoms. The molecule has 1 aromatic carbocycles. The fourth-order valence-corrected chi connectivity index (χ4v) is 3.58. The van der Waals surface area contributed by atoms with Crippen molar-refractivity contribution in [3.8, 4) is 0 Å². The van der Waals surface area contributed by atoms with Crippen LogP contribution in [0.4, 0.5) is 14.6 Å². The van der Waals surface area contributed by atoms with Crippen molar-refractivity contribution in [2.45, 2.75) is 30.5 Å². The van der Waals surface area contributed by atoms with Gasteiger partial charge in [0.2, 0.25) is 0 Å². The summed E-state index contributed by atoms with van der Waals surface area (Å²) in [7, 11) is 0. The van der Waals surface area contributed by atoms with Crippen LogP contribution in [0.25, 0.3) is 10.9 Å². The molecule has 3 aromatic rings. The van der Waals surface area contributed by atoms with Gasteiger partial charge in [-0.05, 0) is 23.8 Å². The molecule has 0 saturated heterocycles. The van der Waals surface area contributed by atoms with E-state index >= 15 is 0 Å². The number of nitrogens with zero attached hydrogens (tertiary/aromatic N) is 2. The van der Waals surface area contributed by atoms with Crippen LogP contribution in [0.2, 0.25) is 0 Å². The van der Waals surface area contributed by atoms with Crippen LogP contribution < -0.4 is 16.4 Å². The monoisotopic (exact) mass is 383 g/mol. The maximum absolute atomic E-state index is 13.2. The Balaban J connectivity index is 1.30. The number of alkyl halides is 2. The maximum Gasteiger partial charge on any atom is 0.257 e. The minimum Gasteiger partial charge on any atom is -0.361 e. The van der Waals surface area contributed by atoms with E-state index in [1.807, 2.05) is 30.5 Å². The van der Waals surface area contributed by atoms with E-state index in [2.05, 4.69) is 30.8 Å². The van der Waals surface area contributed by atoms with Crippen molar-refractivity contribution in [2.75, 3.05) is 5.32 Å². The van der Waals surface area contributed by atoms with E-state index < -0.39 is 17.6 Å². The third kappa shape index (κ3) is 3.03. The predicted molar refractivity (Wildman–Crippen MR) is 103 cm³/mol. The smallest absolute Gasteiger partial charge is 0.257 e. The lowest BCUT2D eigenvalue weighted by Gasteiger charge is -2.31. The highest BCUT2D eigenvalue weighted by Gasteiger charge is 2.58. The van der Waals surface area contributed by atoms with Gasteiger partial charge in [0.15, 0.2) is 11.6 Å². The van der Waals surface area contributed by atoms with Gasteiger partial charge in [-0.15, -0.1) is 0 Å². The van der Waals surface area contributed by atoms with Crippen molar-refractivity contribution >= 4 is 22.9 Å². The van der Waals surface area contributed by atoms with Crippen LogP contribution in [0.15, 0.2) is 53.4 Å². The quantitative estimate of drug-likeness (QED) is 0.467. The Bertz CT molecular complexity index is 1100. The summed E-state index contributed by atoms with van der Waals surface area (Å²) in [5.41, 5.74) is 8.99. The molecule has 2 aromatic heterocycles. The number of rotatable bonds is 5. The Morgan fingerprint density at radius 3 is 2.96 bits per heavy atom. The first-order valence-electron chi connectivity index (χ1n) is 9.00. The van der Waals surface area contributed by atoms with E-state index in [0.717, 1.165) is 16.5 Å². The normalized spacial score (nSPS) is 25.4. The average Bonchev–Trinajstić information content (AvgIpc) is 3.04. The number of anilines is 1. The highest BCUT2D eigenvalue weighted by molar-refractivity contribution is 5.83. The molecule has 2 unspecified atom stereocenters. The topological polar surface area (TPSA) is 107 Å². The van der Waals surface area contributed by atoms with Crippen LogP contribution in [0.1, 0.15) is 23.6 Å². The molecule has 3 heterocycles. The fraction of sp³-hybridized carbons (Fsp3) is 0.263. The summed E-state index contributed by atoms with van der Waals surface area (Å²) >= 11 is 0. The van der Waals surface area contributed by atoms with Crippen molar-refractivity contribution in [1.29, 1.82) is 0 Å². The lowest BCUT2D eigenvalue weighted by Crippen LogP contribution is -2.55. The summed E-state index contributed by atoms with van der Waals surface area (Å²) in [6.45, 7) is 0. The van der Waals surface area contributed by atoms with E-state index in [0.29, 0.717) is 23.8 Å². The zero-order valence-electron chi connectivity index (χ0n) is 14.8. The Morgan fingerprint density at radius 1 is 1.29 bits per heavy atom. The molecule has 7 nitrogen and oxygen atoms in total. The van der Waals surface area contributed by atoms with Crippen LogP contribution in [0.3, 0.4) is 0 Å². The number of hydrogen-bond acceptors (Lipinski definition) is 5. The molecule has 6 N–H and O–H groups in total. The van der Waals surface area contributed by atoms with Gasteiger partial charge < -0.3 is 15.6 Å². The molecular formula is C19H19F2N7. The Hall–Kier alpha value is -3.20. The summed E-state index contributed by atoms with van der Waals surface area (Å²) in [5.74, 6) is -3.41. The summed E-state index contributed by atoms with van der Waals surface area (Å²) < 4.78 is 26.4. The predicted octanol–water partition coefficient (Wildman–Crippen LogP) is 2.80. The van der Waals surface area contributed by atoms with Crippen molar-refractivity contribution in [3.05, 3.63) is 59.7 Å². The van der Waals surface area contributed by atoms with Crippen molar-refractivity contribution in [3.63, 3.8) is 0 Å². The number of aromatic amines is 2. The SMILES string of the molecule is NC1(Cc2cccc3[nH]ccc23)N=CC=C(Nc2cc(C3CC3(F)F)[nH]n2)N1. The van der Waals surface area contributed by atoms with E-state index in [1.165, 1.54) is 0 Å². The van der Waals surface area contributed by atoms with Gasteiger partial charge in [0.1, 0.15) is 5.82 Å². The molecule has 0 amide bonds. The molecule has 5 rings (SSSR count). The van der Waals surface area contributed by atoms with Crippen molar-refractivity contribution < 1.29 is 8.78 Å². The average molecular weight is 383 g/mol. The van der Waals surface area contributed by atoms with E-state index in [-0.39, 0.29) is 6.42 Å². The second-order valence-electron chi connectivity index (χ2n) is 7.29. The number of benzene rings is 1. The molecular weight excluding hydrogens is 364 g/mol. The second-order valence-corrected chi connectivity index (χ2v) is 7.29. The van der Waals surface area contributed by atoms with Crippen molar-refractivity contribution in [2.24, 2.45) is 10.7 Å². The van der Waals surface area contributed by atoms with Gasteiger partial charge in [0, 0.05) is 47.9 Å². The number of hydrogen-bond donors (Lipinski definition) is 5. The molecule has 144 valence electrons. The molecule has 2 atom stereocenters. The van der Waals surface area contributed by atoms with Gasteiger partial charge in [-0.1, -0.05) is 12.1 Å². The zero-order valence-corrected chi connectivity index (χ0v) is 14.8. The van der Waals surface area contributed by atoms with Gasteiger partial charge >= 0.3 is 0 Å². The van der Waals surface area contributed by atoms with E-state index in [9.17, 15) is 8.78 Å². The highest BCUT2D eigenvalue weighted by Crippen LogP contribution is 2.55. The molecule has 0 spiro atoms. The minimum atomic E-state index is -2.63. The van der Waals surface area contributed by atoms with Gasteiger partial charge in [0.25, 0.3) is 5.92 Å². The molecule has 0 bridgehead atoms. The lowest BCUT2D eigenvalue weighted by molar-refractivity contribution is 0.111. The molecule has 1 aliphatic heterocycles. The summed E-state index contributed by atoms with van der Waals surface area (Å²) in [6.07, 6.45) is 5.57. The van der Waals surface area contributed by atoms with Crippen LogP contribution >= 0.6 is 0 Å². The second kappa shape index (κ2) is 5.90. The number of aromatic nitrogens is 3. The van der Waals surface area contributed by atoms with Crippen molar-refractivity contribution in [1.82, 2.24) is 20.5 Å². The number of H-pyrrole nitrogens is 2. The standard InChI is InChI=1S/C19H19F2N7/c20-18(21)10-13(18)15-8-17(28-27-15)25-16-5-7-24-19(22,26-16)9-11-2-1-3-14-12(11)4-6-23-14/h1-8,13,23,26H,9-10,22H2,(H2,25,27,28). The minimum absolute atomic E-state index is 0.140. The number of nitrogens with one attached hydrogen (secondary N) is 4. The first-order chi connectivity index (χ1) is 13.4. The lowest BCUT2D eigenvalue weighted by atomic mass is 10.0. The number of halogens is 2. The van der Waals surface area contributed by atoms with Crippen LogP contribution in [-0.4, -0.2) is 33.1 Å². The summed E-state index contributed by atoms with van der Waals surface area (Å²) in [6, 6.07) is 9.60.